The molecule has 1 rings (SSSR count). The molecule has 1 amide bonds. The highest BCUT2D eigenvalue weighted by Crippen LogP contribution is 2.17. The maximum atomic E-state index is 11.7. The lowest BCUT2D eigenvalue weighted by Gasteiger charge is -2.27. The second-order valence-corrected chi connectivity index (χ2v) is 4.60. The third kappa shape index (κ3) is 4.18. The van der Waals surface area contributed by atoms with E-state index in [1.807, 2.05) is 6.92 Å². The SMILES string of the molecule is CC(CCN)C(=O)NC1CCC(N)CC1. The van der Waals surface area contributed by atoms with E-state index in [0.29, 0.717) is 18.6 Å². The minimum atomic E-state index is 0.0330. The maximum absolute atomic E-state index is 11.7. The molecule has 0 aliphatic heterocycles. The van der Waals surface area contributed by atoms with E-state index in [0.717, 1.165) is 32.1 Å². The van der Waals surface area contributed by atoms with Gasteiger partial charge in [-0.2, -0.15) is 0 Å². The van der Waals surface area contributed by atoms with Crippen LogP contribution >= 0.6 is 0 Å². The van der Waals surface area contributed by atoms with Crippen molar-refractivity contribution in [3.05, 3.63) is 0 Å². The van der Waals surface area contributed by atoms with Crippen molar-refractivity contribution in [2.75, 3.05) is 6.54 Å². The summed E-state index contributed by atoms with van der Waals surface area (Å²) in [6.45, 7) is 2.50. The quantitative estimate of drug-likeness (QED) is 0.630. The first-order chi connectivity index (χ1) is 7.13. The van der Waals surface area contributed by atoms with Crippen molar-refractivity contribution in [1.29, 1.82) is 0 Å². The number of hydrogen-bond donors (Lipinski definition) is 3. The Bertz CT molecular complexity index is 200. The number of carbonyl (C=O) groups is 1. The minimum Gasteiger partial charge on any atom is -0.353 e. The molecule has 0 aromatic heterocycles. The first-order valence-corrected chi connectivity index (χ1v) is 5.89. The van der Waals surface area contributed by atoms with Crippen LogP contribution in [-0.4, -0.2) is 24.5 Å². The Labute approximate surface area is 91.8 Å². The van der Waals surface area contributed by atoms with Gasteiger partial charge in [-0.05, 0) is 38.6 Å². The van der Waals surface area contributed by atoms with Crippen LogP contribution in [-0.2, 0) is 4.79 Å². The molecule has 0 radical (unpaired) electrons. The molecule has 4 heteroatoms. The van der Waals surface area contributed by atoms with Crippen molar-refractivity contribution in [3.8, 4) is 0 Å². The van der Waals surface area contributed by atoms with Crippen LogP contribution in [0.5, 0.6) is 0 Å². The van der Waals surface area contributed by atoms with Crippen LogP contribution in [0.15, 0.2) is 0 Å². The van der Waals surface area contributed by atoms with Gasteiger partial charge in [-0.25, -0.2) is 0 Å². The van der Waals surface area contributed by atoms with Crippen molar-refractivity contribution < 1.29 is 4.79 Å². The largest absolute Gasteiger partial charge is 0.353 e. The van der Waals surface area contributed by atoms with Crippen LogP contribution in [0.25, 0.3) is 0 Å². The molecule has 88 valence electrons. The second kappa shape index (κ2) is 6.08. The van der Waals surface area contributed by atoms with Gasteiger partial charge in [-0.1, -0.05) is 6.92 Å². The van der Waals surface area contributed by atoms with Crippen LogP contribution in [0.3, 0.4) is 0 Å². The maximum Gasteiger partial charge on any atom is 0.223 e. The molecule has 4 nitrogen and oxygen atoms in total. The molecule has 1 fully saturated rings. The summed E-state index contributed by atoms with van der Waals surface area (Å²) in [5, 5.41) is 3.07. The first kappa shape index (κ1) is 12.5. The topological polar surface area (TPSA) is 81.1 Å². The number of amides is 1. The monoisotopic (exact) mass is 213 g/mol. The van der Waals surface area contributed by atoms with Gasteiger partial charge in [-0.15, -0.1) is 0 Å². The zero-order valence-corrected chi connectivity index (χ0v) is 9.54. The van der Waals surface area contributed by atoms with Crippen LogP contribution in [0.2, 0.25) is 0 Å². The Morgan fingerprint density at radius 2 is 2.00 bits per heavy atom. The van der Waals surface area contributed by atoms with E-state index in [1.54, 1.807) is 0 Å². The Balaban J connectivity index is 2.25. The van der Waals surface area contributed by atoms with Crippen LogP contribution in [0.4, 0.5) is 0 Å². The Kier molecular flexibility index (Phi) is 5.05. The lowest BCUT2D eigenvalue weighted by atomic mass is 9.91. The van der Waals surface area contributed by atoms with Gasteiger partial charge in [0, 0.05) is 18.0 Å². The van der Waals surface area contributed by atoms with Gasteiger partial charge in [0.1, 0.15) is 0 Å². The number of rotatable bonds is 4. The fourth-order valence-corrected chi connectivity index (χ4v) is 1.99. The number of carbonyl (C=O) groups excluding carboxylic acids is 1. The van der Waals surface area contributed by atoms with Crippen LogP contribution < -0.4 is 16.8 Å². The summed E-state index contributed by atoms with van der Waals surface area (Å²) in [5.41, 5.74) is 11.2. The van der Waals surface area contributed by atoms with Gasteiger partial charge >= 0.3 is 0 Å². The smallest absolute Gasteiger partial charge is 0.223 e. The minimum absolute atomic E-state index is 0.0330. The van der Waals surface area contributed by atoms with Crippen LogP contribution in [0, 0.1) is 5.92 Å². The van der Waals surface area contributed by atoms with Crippen LogP contribution in [0.1, 0.15) is 39.0 Å². The third-order valence-electron chi connectivity index (χ3n) is 3.17. The molecule has 1 saturated carbocycles. The van der Waals surface area contributed by atoms with E-state index in [9.17, 15) is 4.79 Å². The summed E-state index contributed by atoms with van der Waals surface area (Å²) >= 11 is 0. The van der Waals surface area contributed by atoms with E-state index < -0.39 is 0 Å². The molecule has 0 bridgehead atoms. The average Bonchev–Trinajstić information content (AvgIpc) is 2.22. The molecule has 1 atom stereocenters. The summed E-state index contributed by atoms with van der Waals surface area (Å²) in [7, 11) is 0. The predicted octanol–water partition coefficient (Wildman–Crippen LogP) is 0.357. The van der Waals surface area contributed by atoms with Crippen molar-refractivity contribution in [1.82, 2.24) is 5.32 Å². The van der Waals surface area contributed by atoms with E-state index in [1.165, 1.54) is 0 Å². The van der Waals surface area contributed by atoms with E-state index in [-0.39, 0.29) is 11.8 Å². The highest BCUT2D eigenvalue weighted by Gasteiger charge is 2.21. The van der Waals surface area contributed by atoms with E-state index in [2.05, 4.69) is 5.32 Å². The molecule has 1 aliphatic rings. The Hall–Kier alpha value is -0.610. The zero-order valence-electron chi connectivity index (χ0n) is 9.54. The number of nitrogens with one attached hydrogen (secondary N) is 1. The van der Waals surface area contributed by atoms with E-state index >= 15 is 0 Å². The molecule has 1 aliphatic carbocycles. The summed E-state index contributed by atoms with van der Waals surface area (Å²) in [5.74, 6) is 0.173. The summed E-state index contributed by atoms with van der Waals surface area (Å²) in [6.07, 6.45) is 4.84. The average molecular weight is 213 g/mol. The zero-order chi connectivity index (χ0) is 11.3. The molecule has 0 aromatic carbocycles. The molecule has 0 spiro atoms. The number of hydrogen-bond acceptors (Lipinski definition) is 3. The van der Waals surface area contributed by atoms with Gasteiger partial charge in [0.2, 0.25) is 5.91 Å². The number of nitrogens with two attached hydrogens (primary N) is 2. The fraction of sp³-hybridized carbons (Fsp3) is 0.909. The third-order valence-corrected chi connectivity index (χ3v) is 3.17. The van der Waals surface area contributed by atoms with Crippen molar-refractivity contribution >= 4 is 5.91 Å². The molecule has 0 saturated heterocycles. The molecule has 0 aromatic rings. The van der Waals surface area contributed by atoms with Crippen molar-refractivity contribution in [3.63, 3.8) is 0 Å². The normalized spacial score (nSPS) is 28.5. The van der Waals surface area contributed by atoms with Gasteiger partial charge in [0.15, 0.2) is 0 Å². The highest BCUT2D eigenvalue weighted by molar-refractivity contribution is 5.78. The Morgan fingerprint density at radius 3 is 2.53 bits per heavy atom. The van der Waals surface area contributed by atoms with Crippen molar-refractivity contribution in [2.24, 2.45) is 17.4 Å². The second-order valence-electron chi connectivity index (χ2n) is 4.60. The van der Waals surface area contributed by atoms with Crippen molar-refractivity contribution in [2.45, 2.75) is 51.1 Å². The highest BCUT2D eigenvalue weighted by atomic mass is 16.1. The summed E-state index contributed by atoms with van der Waals surface area (Å²) < 4.78 is 0. The molecule has 0 heterocycles. The van der Waals surface area contributed by atoms with Gasteiger partial charge in [0.25, 0.3) is 0 Å². The first-order valence-electron chi connectivity index (χ1n) is 5.89. The molecule has 15 heavy (non-hydrogen) atoms. The fourth-order valence-electron chi connectivity index (χ4n) is 1.99. The van der Waals surface area contributed by atoms with Gasteiger partial charge < -0.3 is 16.8 Å². The van der Waals surface area contributed by atoms with Gasteiger partial charge in [0.05, 0.1) is 0 Å². The van der Waals surface area contributed by atoms with Gasteiger partial charge in [-0.3, -0.25) is 4.79 Å². The lowest BCUT2D eigenvalue weighted by molar-refractivity contribution is -0.125. The molecule has 5 N–H and O–H groups in total. The molecular formula is C11H23N3O. The summed E-state index contributed by atoms with van der Waals surface area (Å²) in [4.78, 5) is 11.7. The summed E-state index contributed by atoms with van der Waals surface area (Å²) in [6, 6.07) is 0.664. The van der Waals surface area contributed by atoms with E-state index in [4.69, 9.17) is 11.5 Å². The standard InChI is InChI=1S/C11H23N3O/c1-8(6-7-12)11(15)14-10-4-2-9(13)3-5-10/h8-10H,2-7,12-13H2,1H3,(H,14,15). The molecular weight excluding hydrogens is 190 g/mol. The predicted molar refractivity (Wildman–Crippen MR) is 61.2 cm³/mol. The Morgan fingerprint density at radius 1 is 1.40 bits per heavy atom. The lowest BCUT2D eigenvalue weighted by Crippen LogP contribution is -2.42. The molecule has 1 unspecified atom stereocenters.